The van der Waals surface area contributed by atoms with Crippen LogP contribution in [0.4, 0.5) is 13.2 Å². The molecule has 0 heterocycles. The van der Waals surface area contributed by atoms with Gasteiger partial charge in [-0.3, -0.25) is 0 Å². The third-order valence-corrected chi connectivity index (χ3v) is 3.62. The minimum absolute atomic E-state index is 0. The van der Waals surface area contributed by atoms with Crippen LogP contribution in [-0.4, -0.2) is 38.3 Å². The molecule has 2 nitrogen and oxygen atoms in total. The highest BCUT2D eigenvalue weighted by Crippen LogP contribution is 2.47. The van der Waals surface area contributed by atoms with Crippen LogP contribution in [0, 0.1) is 0 Å². The van der Waals surface area contributed by atoms with Crippen LogP contribution in [0.3, 0.4) is 0 Å². The highest BCUT2D eigenvalue weighted by molar-refractivity contribution is 5.85. The van der Waals surface area contributed by atoms with Gasteiger partial charge in [0.2, 0.25) is 5.60 Å². The summed E-state index contributed by atoms with van der Waals surface area (Å²) in [5.74, 6) is 0. The fourth-order valence-corrected chi connectivity index (χ4v) is 2.47. The number of ether oxygens (including phenoxy) is 1. The molecule has 0 aliphatic heterocycles. The van der Waals surface area contributed by atoms with Crippen molar-refractivity contribution >= 4 is 12.4 Å². The molecular weight excluding hydrogens is 339 g/mol. The van der Waals surface area contributed by atoms with Crippen LogP contribution in [0.1, 0.15) is 11.1 Å². The van der Waals surface area contributed by atoms with Crippen molar-refractivity contribution in [1.29, 1.82) is 0 Å². The second-order valence-corrected chi connectivity index (χ2v) is 5.56. The average molecular weight is 360 g/mol. The summed E-state index contributed by atoms with van der Waals surface area (Å²) in [7, 11) is 3.59. The lowest BCUT2D eigenvalue weighted by atomic mass is 9.85. The molecule has 0 atom stereocenters. The van der Waals surface area contributed by atoms with Gasteiger partial charge in [-0.2, -0.15) is 13.2 Å². The van der Waals surface area contributed by atoms with E-state index in [1.165, 1.54) is 24.3 Å². The Bertz CT molecular complexity index is 563. The molecule has 2 aromatic carbocycles. The lowest BCUT2D eigenvalue weighted by Crippen LogP contribution is -2.47. The Morgan fingerprint density at radius 2 is 1.25 bits per heavy atom. The molecule has 2 aromatic rings. The van der Waals surface area contributed by atoms with Crippen molar-refractivity contribution in [3.63, 3.8) is 0 Å². The Labute approximate surface area is 146 Å². The number of hydrogen-bond donors (Lipinski definition) is 0. The van der Waals surface area contributed by atoms with Crippen molar-refractivity contribution in [3.8, 4) is 0 Å². The maximum atomic E-state index is 14.1. The van der Waals surface area contributed by atoms with Crippen molar-refractivity contribution in [2.45, 2.75) is 11.8 Å². The summed E-state index contributed by atoms with van der Waals surface area (Å²) >= 11 is 0. The molecule has 0 saturated heterocycles. The van der Waals surface area contributed by atoms with E-state index in [9.17, 15) is 13.2 Å². The highest BCUT2D eigenvalue weighted by atomic mass is 35.5. The van der Waals surface area contributed by atoms with E-state index in [4.69, 9.17) is 4.74 Å². The van der Waals surface area contributed by atoms with E-state index in [0.717, 1.165) is 0 Å². The monoisotopic (exact) mass is 359 g/mol. The van der Waals surface area contributed by atoms with Gasteiger partial charge in [0.25, 0.3) is 0 Å². The maximum absolute atomic E-state index is 14.1. The first-order valence-corrected chi connectivity index (χ1v) is 7.34. The number of hydrogen-bond acceptors (Lipinski definition) is 2. The van der Waals surface area contributed by atoms with Crippen LogP contribution in [-0.2, 0) is 10.3 Å². The first-order chi connectivity index (χ1) is 10.9. The van der Waals surface area contributed by atoms with Gasteiger partial charge in [0, 0.05) is 6.54 Å². The van der Waals surface area contributed by atoms with Gasteiger partial charge in [0.1, 0.15) is 0 Å². The molecule has 0 saturated carbocycles. The molecule has 24 heavy (non-hydrogen) atoms. The van der Waals surface area contributed by atoms with Crippen LogP contribution >= 0.6 is 12.4 Å². The normalized spacial score (nSPS) is 12.1. The van der Waals surface area contributed by atoms with Crippen LogP contribution in [0.25, 0.3) is 0 Å². The van der Waals surface area contributed by atoms with Gasteiger partial charge in [-0.1, -0.05) is 60.7 Å². The molecule has 6 heteroatoms. The van der Waals surface area contributed by atoms with Gasteiger partial charge in [-0.05, 0) is 25.2 Å². The number of benzene rings is 2. The molecule has 0 spiro atoms. The molecule has 0 aromatic heterocycles. The Morgan fingerprint density at radius 1 is 0.833 bits per heavy atom. The molecule has 0 unspecified atom stereocenters. The Kier molecular flexibility index (Phi) is 7.27. The number of nitrogens with zero attached hydrogens (tertiary/aromatic N) is 1. The zero-order chi connectivity index (χ0) is 16.9. The van der Waals surface area contributed by atoms with E-state index in [0.29, 0.717) is 6.54 Å². The van der Waals surface area contributed by atoms with E-state index in [1.54, 1.807) is 55.4 Å². The summed E-state index contributed by atoms with van der Waals surface area (Å²) in [6.07, 6.45) is -4.58. The largest absolute Gasteiger partial charge is 0.426 e. The standard InChI is InChI=1S/C18H20F3NO.ClH/c1-22(2)13-14-23-17(18(19,20)21,15-9-5-3-6-10-15)16-11-7-4-8-12-16;/h3-12H,13-14H2,1-2H3;1H. The summed E-state index contributed by atoms with van der Waals surface area (Å²) in [5, 5.41) is 0. The lowest BCUT2D eigenvalue weighted by molar-refractivity contribution is -0.267. The number of rotatable bonds is 6. The molecule has 0 N–H and O–H groups in total. The zero-order valence-corrected chi connectivity index (χ0v) is 14.4. The fraction of sp³-hybridized carbons (Fsp3) is 0.333. The molecule has 0 amide bonds. The van der Waals surface area contributed by atoms with Crippen LogP contribution in [0.5, 0.6) is 0 Å². The summed E-state index contributed by atoms with van der Waals surface area (Å²) in [4.78, 5) is 1.79. The molecule has 132 valence electrons. The Morgan fingerprint density at radius 3 is 1.58 bits per heavy atom. The number of halogens is 4. The van der Waals surface area contributed by atoms with Gasteiger partial charge in [-0.25, -0.2) is 0 Å². The van der Waals surface area contributed by atoms with Crippen LogP contribution < -0.4 is 0 Å². The first kappa shape index (κ1) is 20.5. The van der Waals surface area contributed by atoms with Gasteiger partial charge in [0.15, 0.2) is 0 Å². The second-order valence-electron chi connectivity index (χ2n) is 5.56. The van der Waals surface area contributed by atoms with Gasteiger partial charge >= 0.3 is 6.18 Å². The predicted octanol–water partition coefficient (Wildman–Crippen LogP) is 4.49. The topological polar surface area (TPSA) is 12.5 Å². The number of alkyl halides is 3. The molecule has 0 fully saturated rings. The van der Waals surface area contributed by atoms with Crippen LogP contribution in [0.15, 0.2) is 60.7 Å². The molecule has 0 bridgehead atoms. The molecule has 0 radical (unpaired) electrons. The lowest BCUT2D eigenvalue weighted by Gasteiger charge is -2.37. The summed E-state index contributed by atoms with van der Waals surface area (Å²) < 4.78 is 47.9. The van der Waals surface area contributed by atoms with Crippen molar-refractivity contribution in [2.24, 2.45) is 0 Å². The Hall–Kier alpha value is -1.56. The van der Waals surface area contributed by atoms with Crippen LogP contribution in [0.2, 0.25) is 0 Å². The molecule has 0 aliphatic rings. The van der Waals surface area contributed by atoms with Gasteiger partial charge < -0.3 is 9.64 Å². The third kappa shape index (κ3) is 4.29. The van der Waals surface area contributed by atoms with Crippen molar-refractivity contribution in [2.75, 3.05) is 27.2 Å². The highest BCUT2D eigenvalue weighted by Gasteiger charge is 2.58. The van der Waals surface area contributed by atoms with Crippen molar-refractivity contribution in [3.05, 3.63) is 71.8 Å². The molecular formula is C18H21ClF3NO. The predicted molar refractivity (Wildman–Crippen MR) is 91.5 cm³/mol. The van der Waals surface area contributed by atoms with E-state index >= 15 is 0 Å². The Balaban J connectivity index is 0.00000288. The van der Waals surface area contributed by atoms with Crippen molar-refractivity contribution < 1.29 is 17.9 Å². The zero-order valence-electron chi connectivity index (χ0n) is 13.6. The minimum Gasteiger partial charge on any atom is -0.355 e. The average Bonchev–Trinajstić information content (AvgIpc) is 2.52. The SMILES string of the molecule is CN(C)CCOC(c1ccccc1)(c1ccccc1)C(F)(F)F.Cl. The summed E-state index contributed by atoms with van der Waals surface area (Å²) in [5.41, 5.74) is -2.30. The second kappa shape index (κ2) is 8.51. The first-order valence-electron chi connectivity index (χ1n) is 7.34. The fourth-order valence-electron chi connectivity index (χ4n) is 2.47. The quantitative estimate of drug-likeness (QED) is 0.753. The van der Waals surface area contributed by atoms with Crippen molar-refractivity contribution in [1.82, 2.24) is 4.90 Å². The third-order valence-electron chi connectivity index (χ3n) is 3.62. The smallest absolute Gasteiger partial charge is 0.355 e. The van der Waals surface area contributed by atoms with E-state index in [2.05, 4.69) is 0 Å². The molecule has 0 aliphatic carbocycles. The molecule has 2 rings (SSSR count). The minimum atomic E-state index is -4.58. The summed E-state index contributed by atoms with van der Waals surface area (Å²) in [6.45, 7) is 0.369. The van der Waals surface area contributed by atoms with Gasteiger partial charge in [0.05, 0.1) is 6.61 Å². The number of likely N-dealkylation sites (N-methyl/N-ethyl adjacent to an activating group) is 1. The van der Waals surface area contributed by atoms with E-state index in [-0.39, 0.29) is 30.1 Å². The van der Waals surface area contributed by atoms with E-state index < -0.39 is 11.8 Å². The maximum Gasteiger partial charge on any atom is 0.426 e. The van der Waals surface area contributed by atoms with Gasteiger partial charge in [-0.15, -0.1) is 12.4 Å². The van der Waals surface area contributed by atoms with E-state index in [1.807, 2.05) is 0 Å². The summed E-state index contributed by atoms with van der Waals surface area (Å²) in [6, 6.07) is 15.6.